The third kappa shape index (κ3) is 7.82. The first-order valence-corrected chi connectivity index (χ1v) is 16.1. The summed E-state index contributed by atoms with van der Waals surface area (Å²) >= 11 is 0. The average Bonchev–Trinajstić information content (AvgIpc) is 3.19. The fraction of sp³-hybridized carbons (Fsp3) is 0. The maximum atomic E-state index is 13.6. The van der Waals surface area contributed by atoms with Gasteiger partial charge in [-0.1, -0.05) is 36.4 Å². The van der Waals surface area contributed by atoms with Crippen molar-refractivity contribution < 1.29 is 33.3 Å². The van der Waals surface area contributed by atoms with Crippen molar-refractivity contribution in [2.45, 2.75) is 0 Å². The van der Waals surface area contributed by atoms with E-state index in [0.29, 0.717) is 16.2 Å². The van der Waals surface area contributed by atoms with E-state index < -0.39 is 0 Å². The fourth-order valence-electron chi connectivity index (χ4n) is 5.77. The van der Waals surface area contributed by atoms with Gasteiger partial charge in [-0.15, -0.1) is 108 Å². The smallest absolute Gasteiger partial charge is 0.304 e. The van der Waals surface area contributed by atoms with Crippen molar-refractivity contribution in [3.63, 3.8) is 0 Å². The molecule has 0 aliphatic rings. The second-order valence-electron chi connectivity index (χ2n) is 11.3. The third-order valence-corrected chi connectivity index (χ3v) is 8.15. The maximum absolute atomic E-state index is 13.6. The molecule has 0 atom stereocenters. The summed E-state index contributed by atoms with van der Waals surface area (Å²) < 4.78 is 40.9. The van der Waals surface area contributed by atoms with Crippen molar-refractivity contribution in [2.75, 3.05) is 0 Å². The van der Waals surface area contributed by atoms with Crippen molar-refractivity contribution in [2.24, 2.45) is 0 Å². The summed E-state index contributed by atoms with van der Waals surface area (Å²) in [7, 11) is 0. The topological polar surface area (TPSA) is 38.7 Å². The third-order valence-electron chi connectivity index (χ3n) is 8.15. The Morgan fingerprint density at radius 3 is 0.904 bits per heavy atom. The van der Waals surface area contributed by atoms with E-state index in [0.717, 1.165) is 49.9 Å². The number of fused-ring (bicyclic) bond motifs is 3. The standard InChI is InChI=1S/3C15H9FN.Ir/c3*16-14-8-4-7-13-12(14)9-10-17-15(13)11-5-2-1-3-6-11;/h3*1-5,7-10H;/q3*-1;+3. The Bertz CT molecular complexity index is 2280. The number of hydrogen-bond donors (Lipinski definition) is 0. The average molecular weight is 859 g/mol. The quantitative estimate of drug-likeness (QED) is 0.166. The first-order valence-electron chi connectivity index (χ1n) is 16.1. The first kappa shape index (κ1) is 35.8. The van der Waals surface area contributed by atoms with Crippen molar-refractivity contribution in [1.82, 2.24) is 15.0 Å². The van der Waals surface area contributed by atoms with Crippen LogP contribution < -0.4 is 0 Å². The molecule has 252 valence electrons. The molecule has 9 aromatic rings. The molecular weight excluding hydrogens is 832 g/mol. The maximum Gasteiger partial charge on any atom is 3.00 e. The number of halogens is 3. The van der Waals surface area contributed by atoms with E-state index in [4.69, 9.17) is 0 Å². The van der Waals surface area contributed by atoms with E-state index in [1.807, 2.05) is 91.0 Å². The molecule has 0 amide bonds. The molecule has 9 rings (SSSR count). The summed E-state index contributed by atoms with van der Waals surface area (Å²) in [5.74, 6) is -0.661. The van der Waals surface area contributed by atoms with Gasteiger partial charge < -0.3 is 15.0 Å². The molecule has 0 bridgehead atoms. The van der Waals surface area contributed by atoms with Crippen molar-refractivity contribution >= 4 is 32.3 Å². The summed E-state index contributed by atoms with van der Waals surface area (Å²) in [5, 5.41) is 4.22. The minimum atomic E-state index is -0.220. The largest absolute Gasteiger partial charge is 3.00 e. The minimum absolute atomic E-state index is 0. The van der Waals surface area contributed by atoms with Crippen molar-refractivity contribution in [3.05, 3.63) is 200 Å². The Labute approximate surface area is 312 Å². The normalized spacial score (nSPS) is 10.4. The second kappa shape index (κ2) is 16.8. The van der Waals surface area contributed by atoms with Gasteiger partial charge in [0.2, 0.25) is 0 Å². The Morgan fingerprint density at radius 1 is 0.327 bits per heavy atom. The van der Waals surface area contributed by atoms with E-state index in [9.17, 15) is 13.2 Å². The van der Waals surface area contributed by atoms with Crippen LogP contribution in [-0.4, -0.2) is 15.0 Å². The zero-order valence-electron chi connectivity index (χ0n) is 27.4. The summed E-state index contributed by atoms with van der Waals surface area (Å²) in [6.45, 7) is 0. The van der Waals surface area contributed by atoms with Gasteiger partial charge in [0.05, 0.1) is 0 Å². The molecule has 3 aromatic heterocycles. The van der Waals surface area contributed by atoms with Crippen LogP contribution in [-0.2, 0) is 20.1 Å². The molecule has 52 heavy (non-hydrogen) atoms. The van der Waals surface area contributed by atoms with Crippen LogP contribution in [0.2, 0.25) is 0 Å². The van der Waals surface area contributed by atoms with E-state index in [1.54, 1.807) is 55.0 Å². The molecule has 3 nitrogen and oxygen atoms in total. The Balaban J connectivity index is 0.000000133. The summed E-state index contributed by atoms with van der Waals surface area (Å²) in [6.07, 6.45) is 4.88. The Morgan fingerprint density at radius 2 is 0.635 bits per heavy atom. The molecule has 3 heterocycles. The molecule has 6 aromatic carbocycles. The van der Waals surface area contributed by atoms with Crippen LogP contribution in [0.5, 0.6) is 0 Å². The number of hydrogen-bond acceptors (Lipinski definition) is 3. The molecule has 0 N–H and O–H groups in total. The molecule has 0 saturated heterocycles. The number of benzene rings is 6. The molecule has 0 radical (unpaired) electrons. The van der Waals surface area contributed by atoms with Crippen LogP contribution in [0.25, 0.3) is 66.1 Å². The van der Waals surface area contributed by atoms with Crippen LogP contribution in [0.4, 0.5) is 13.2 Å². The molecule has 7 heteroatoms. The fourth-order valence-corrected chi connectivity index (χ4v) is 5.77. The van der Waals surface area contributed by atoms with Gasteiger partial charge in [0.1, 0.15) is 17.5 Å². The Hall–Kier alpha value is -6.01. The number of rotatable bonds is 3. The van der Waals surface area contributed by atoms with Gasteiger partial charge in [-0.25, -0.2) is 13.2 Å². The monoisotopic (exact) mass is 859 g/mol. The van der Waals surface area contributed by atoms with Crippen LogP contribution in [0, 0.1) is 35.7 Å². The van der Waals surface area contributed by atoms with Gasteiger partial charge in [-0.05, 0) is 69.6 Å². The molecule has 0 unspecified atom stereocenters. The van der Waals surface area contributed by atoms with Crippen LogP contribution in [0.3, 0.4) is 0 Å². The van der Waals surface area contributed by atoms with E-state index in [1.165, 1.54) is 18.2 Å². The molecule has 0 aliphatic heterocycles. The molecule has 0 spiro atoms. The van der Waals surface area contributed by atoms with Crippen LogP contribution >= 0.6 is 0 Å². The first-order chi connectivity index (χ1) is 25.1. The Kier molecular flexibility index (Phi) is 11.6. The zero-order chi connectivity index (χ0) is 35.0. The van der Waals surface area contributed by atoms with Gasteiger partial charge in [-0.3, -0.25) is 0 Å². The van der Waals surface area contributed by atoms with Gasteiger partial charge in [0.15, 0.2) is 0 Å². The summed E-state index contributed by atoms with van der Waals surface area (Å²) in [5.41, 5.74) is 4.93. The predicted molar refractivity (Wildman–Crippen MR) is 198 cm³/mol. The van der Waals surface area contributed by atoms with E-state index >= 15 is 0 Å². The zero-order valence-corrected chi connectivity index (χ0v) is 29.8. The molecule has 0 saturated carbocycles. The summed E-state index contributed by atoms with van der Waals surface area (Å²) in [4.78, 5) is 13.0. The van der Waals surface area contributed by atoms with Gasteiger partial charge in [-0.2, -0.15) is 0 Å². The van der Waals surface area contributed by atoms with Crippen molar-refractivity contribution in [1.29, 1.82) is 0 Å². The van der Waals surface area contributed by atoms with Gasteiger partial charge in [0, 0.05) is 34.7 Å². The van der Waals surface area contributed by atoms with Gasteiger partial charge >= 0.3 is 20.1 Å². The SMILES string of the molecule is Fc1cccc2c(-c3[c-]cccc3)nccc12.Fc1cccc2c(-c3[c-]cccc3)nccc12.Fc1cccc2c(-c3[c-]cccc3)nccc12.[Ir+3]. The predicted octanol–water partition coefficient (Wildman–Crippen LogP) is 11.5. The van der Waals surface area contributed by atoms with Crippen LogP contribution in [0.1, 0.15) is 0 Å². The second-order valence-corrected chi connectivity index (χ2v) is 11.3. The summed E-state index contributed by atoms with van der Waals surface area (Å²) in [6, 6.07) is 52.2. The minimum Gasteiger partial charge on any atom is -0.304 e. The molecule has 0 fully saturated rings. The van der Waals surface area contributed by atoms with Crippen LogP contribution in [0.15, 0.2) is 164 Å². The van der Waals surface area contributed by atoms with E-state index in [-0.39, 0.29) is 37.6 Å². The number of nitrogens with zero attached hydrogens (tertiary/aromatic N) is 3. The number of aromatic nitrogens is 3. The van der Waals surface area contributed by atoms with Crippen molar-refractivity contribution in [3.8, 4) is 33.8 Å². The molecule has 0 aliphatic carbocycles. The van der Waals surface area contributed by atoms with Gasteiger partial charge in [0.25, 0.3) is 0 Å². The molecular formula is C45H27F3IrN3. The number of pyridine rings is 3. The van der Waals surface area contributed by atoms with E-state index in [2.05, 4.69) is 33.2 Å².